The second-order valence-electron chi connectivity index (χ2n) is 4.76. The minimum absolute atomic E-state index is 0.0249. The van der Waals surface area contributed by atoms with Crippen LogP contribution in [0, 0.1) is 0 Å². The summed E-state index contributed by atoms with van der Waals surface area (Å²) in [7, 11) is 0. The number of rotatable bonds is 6. The topological polar surface area (TPSA) is 41.6 Å². The fourth-order valence-electron chi connectivity index (χ4n) is 2.26. The zero-order valence-corrected chi connectivity index (χ0v) is 12.7. The number of morpholine rings is 1. The van der Waals surface area contributed by atoms with E-state index in [2.05, 4.69) is 10.2 Å². The van der Waals surface area contributed by atoms with Crippen LogP contribution in [0.1, 0.15) is 16.8 Å². The molecular weight excluding hydrogens is 272 g/mol. The fraction of sp³-hybridized carbons (Fsp3) is 0.533. The fourth-order valence-corrected chi connectivity index (χ4v) is 2.85. The summed E-state index contributed by atoms with van der Waals surface area (Å²) in [6, 6.07) is 7.72. The number of carbonyl (C=O) groups is 1. The van der Waals surface area contributed by atoms with Crippen LogP contribution >= 0.6 is 11.8 Å². The minimum Gasteiger partial charge on any atom is -0.379 e. The van der Waals surface area contributed by atoms with Crippen molar-refractivity contribution in [3.63, 3.8) is 0 Å². The van der Waals surface area contributed by atoms with Gasteiger partial charge in [0.1, 0.15) is 0 Å². The third-order valence-corrected chi connectivity index (χ3v) is 4.19. The molecule has 0 aromatic heterocycles. The maximum atomic E-state index is 12.1. The van der Waals surface area contributed by atoms with Crippen LogP contribution < -0.4 is 5.32 Å². The van der Waals surface area contributed by atoms with Gasteiger partial charge in [-0.3, -0.25) is 9.69 Å². The average molecular weight is 294 g/mol. The number of ether oxygens (including phenoxy) is 1. The number of carbonyl (C=O) groups excluding carboxylic acids is 1. The van der Waals surface area contributed by atoms with Gasteiger partial charge >= 0.3 is 0 Å². The first-order valence-corrected chi connectivity index (χ1v) is 8.25. The number of thioether (sulfide) groups is 1. The van der Waals surface area contributed by atoms with Crippen LogP contribution in [0.3, 0.4) is 0 Å². The zero-order chi connectivity index (χ0) is 14.2. The summed E-state index contributed by atoms with van der Waals surface area (Å²) in [5.74, 6) is 0.0249. The van der Waals surface area contributed by atoms with E-state index < -0.39 is 0 Å². The van der Waals surface area contributed by atoms with E-state index in [9.17, 15) is 4.79 Å². The number of hydrogen-bond donors (Lipinski definition) is 1. The molecule has 4 nitrogen and oxygen atoms in total. The largest absolute Gasteiger partial charge is 0.379 e. The van der Waals surface area contributed by atoms with E-state index in [1.807, 2.05) is 30.5 Å². The summed E-state index contributed by atoms with van der Waals surface area (Å²) >= 11 is 1.60. The Bertz CT molecular complexity index is 434. The molecule has 0 radical (unpaired) electrons. The first kappa shape index (κ1) is 15.4. The molecule has 5 heteroatoms. The Labute approximate surface area is 124 Å². The molecule has 1 N–H and O–H groups in total. The quantitative estimate of drug-likeness (QED) is 0.642. The van der Waals surface area contributed by atoms with Crippen molar-refractivity contribution in [2.24, 2.45) is 0 Å². The lowest BCUT2D eigenvalue weighted by Crippen LogP contribution is -2.38. The standard InChI is InChI=1S/C15H22N2O2S/c1-20-14-6-3-2-5-13(14)15(18)16-7-4-8-17-9-11-19-12-10-17/h2-3,5-6H,4,7-12H2,1H3,(H,16,18). The van der Waals surface area contributed by atoms with Gasteiger partial charge in [-0.25, -0.2) is 0 Å². The second kappa shape index (κ2) is 8.29. The van der Waals surface area contributed by atoms with Crippen LogP contribution in [-0.4, -0.2) is 56.5 Å². The van der Waals surface area contributed by atoms with Gasteiger partial charge in [-0.05, 0) is 31.4 Å². The number of nitrogens with one attached hydrogen (secondary N) is 1. The van der Waals surface area contributed by atoms with Crippen molar-refractivity contribution in [2.45, 2.75) is 11.3 Å². The minimum atomic E-state index is 0.0249. The highest BCUT2D eigenvalue weighted by atomic mass is 32.2. The van der Waals surface area contributed by atoms with E-state index in [1.165, 1.54) is 0 Å². The molecule has 0 spiro atoms. The summed E-state index contributed by atoms with van der Waals surface area (Å²) in [6.45, 7) is 5.40. The van der Waals surface area contributed by atoms with Crippen LogP contribution in [0.4, 0.5) is 0 Å². The number of hydrogen-bond acceptors (Lipinski definition) is 4. The van der Waals surface area contributed by atoms with Crippen molar-refractivity contribution in [3.05, 3.63) is 29.8 Å². The predicted molar refractivity (Wildman–Crippen MR) is 82.4 cm³/mol. The lowest BCUT2D eigenvalue weighted by Gasteiger charge is -2.26. The highest BCUT2D eigenvalue weighted by Gasteiger charge is 2.11. The average Bonchev–Trinajstić information content (AvgIpc) is 2.52. The van der Waals surface area contributed by atoms with Gasteiger partial charge in [0.15, 0.2) is 0 Å². The van der Waals surface area contributed by atoms with Crippen molar-refractivity contribution in [3.8, 4) is 0 Å². The Morgan fingerprint density at radius 2 is 2.10 bits per heavy atom. The summed E-state index contributed by atoms with van der Waals surface area (Å²) in [5, 5.41) is 3.00. The second-order valence-corrected chi connectivity index (χ2v) is 5.61. The molecule has 0 unspecified atom stereocenters. The molecule has 1 aromatic carbocycles. The smallest absolute Gasteiger partial charge is 0.252 e. The Morgan fingerprint density at radius 1 is 1.35 bits per heavy atom. The molecule has 2 rings (SSSR count). The van der Waals surface area contributed by atoms with E-state index in [0.29, 0.717) is 0 Å². The number of nitrogens with zero attached hydrogens (tertiary/aromatic N) is 1. The Morgan fingerprint density at radius 3 is 2.85 bits per heavy atom. The molecule has 1 aromatic rings. The first-order chi connectivity index (χ1) is 9.81. The van der Waals surface area contributed by atoms with E-state index in [1.54, 1.807) is 11.8 Å². The van der Waals surface area contributed by atoms with Crippen molar-refractivity contribution < 1.29 is 9.53 Å². The molecule has 110 valence electrons. The molecule has 0 bridgehead atoms. The lowest BCUT2D eigenvalue weighted by atomic mass is 10.2. The van der Waals surface area contributed by atoms with Gasteiger partial charge in [-0.15, -0.1) is 11.8 Å². The van der Waals surface area contributed by atoms with Gasteiger partial charge in [0.25, 0.3) is 5.91 Å². The monoisotopic (exact) mass is 294 g/mol. The third-order valence-electron chi connectivity index (χ3n) is 3.39. The molecule has 1 amide bonds. The summed E-state index contributed by atoms with van der Waals surface area (Å²) in [4.78, 5) is 15.5. The molecule has 0 saturated carbocycles. The van der Waals surface area contributed by atoms with Gasteiger partial charge < -0.3 is 10.1 Å². The van der Waals surface area contributed by atoms with Crippen LogP contribution in [0.2, 0.25) is 0 Å². The molecule has 1 fully saturated rings. The van der Waals surface area contributed by atoms with Gasteiger partial charge in [-0.1, -0.05) is 12.1 Å². The van der Waals surface area contributed by atoms with Crippen LogP contribution in [0.25, 0.3) is 0 Å². The summed E-state index contributed by atoms with van der Waals surface area (Å²) < 4.78 is 5.31. The van der Waals surface area contributed by atoms with Gasteiger partial charge in [0.05, 0.1) is 18.8 Å². The molecule has 1 saturated heterocycles. The van der Waals surface area contributed by atoms with Crippen molar-refractivity contribution in [2.75, 3.05) is 45.6 Å². The van der Waals surface area contributed by atoms with Crippen molar-refractivity contribution >= 4 is 17.7 Å². The first-order valence-electron chi connectivity index (χ1n) is 7.02. The predicted octanol–water partition coefficient (Wildman–Crippen LogP) is 1.86. The molecule has 0 aliphatic carbocycles. The van der Waals surface area contributed by atoms with Crippen LogP contribution in [-0.2, 0) is 4.74 Å². The molecule has 20 heavy (non-hydrogen) atoms. The highest BCUT2D eigenvalue weighted by molar-refractivity contribution is 7.98. The maximum absolute atomic E-state index is 12.1. The zero-order valence-electron chi connectivity index (χ0n) is 11.9. The van der Waals surface area contributed by atoms with Gasteiger partial charge in [-0.2, -0.15) is 0 Å². The molecule has 1 heterocycles. The molecule has 0 atom stereocenters. The SMILES string of the molecule is CSc1ccccc1C(=O)NCCCN1CCOCC1. The lowest BCUT2D eigenvalue weighted by molar-refractivity contribution is 0.0374. The van der Waals surface area contributed by atoms with E-state index in [4.69, 9.17) is 4.74 Å². The van der Waals surface area contributed by atoms with Gasteiger partial charge in [0, 0.05) is 24.5 Å². The van der Waals surface area contributed by atoms with Crippen molar-refractivity contribution in [1.29, 1.82) is 0 Å². The van der Waals surface area contributed by atoms with E-state index in [-0.39, 0.29) is 5.91 Å². The Hall–Kier alpha value is -1.04. The Balaban J connectivity index is 1.72. The Kier molecular flexibility index (Phi) is 6.36. The van der Waals surface area contributed by atoms with Crippen LogP contribution in [0.15, 0.2) is 29.2 Å². The maximum Gasteiger partial charge on any atom is 0.252 e. The van der Waals surface area contributed by atoms with Gasteiger partial charge in [0.2, 0.25) is 0 Å². The molecule has 1 aliphatic heterocycles. The number of amides is 1. The summed E-state index contributed by atoms with van der Waals surface area (Å²) in [6.07, 6.45) is 2.97. The third kappa shape index (κ3) is 4.51. The molecular formula is C15H22N2O2S. The summed E-state index contributed by atoms with van der Waals surface area (Å²) in [5.41, 5.74) is 0.770. The van der Waals surface area contributed by atoms with E-state index in [0.717, 1.165) is 56.3 Å². The van der Waals surface area contributed by atoms with E-state index >= 15 is 0 Å². The van der Waals surface area contributed by atoms with Crippen molar-refractivity contribution in [1.82, 2.24) is 10.2 Å². The molecule has 1 aliphatic rings. The van der Waals surface area contributed by atoms with Crippen LogP contribution in [0.5, 0.6) is 0 Å². The number of benzene rings is 1. The highest BCUT2D eigenvalue weighted by Crippen LogP contribution is 2.19. The normalized spacial score (nSPS) is 16.1.